The van der Waals surface area contributed by atoms with Gasteiger partial charge < -0.3 is 10.4 Å². The second kappa shape index (κ2) is 9.93. The largest absolute Gasteiger partial charge is 0.481 e. The minimum Gasteiger partial charge on any atom is -0.481 e. The summed E-state index contributed by atoms with van der Waals surface area (Å²) in [6.45, 7) is 2.20. The molecule has 3 amide bonds. The molecule has 1 saturated carbocycles. The maximum Gasteiger partial charge on any atom is 0.322 e. The summed E-state index contributed by atoms with van der Waals surface area (Å²) in [4.78, 5) is 34.8. The molecule has 0 unspecified atom stereocenters. The Hall–Kier alpha value is -1.59. The highest BCUT2D eigenvalue weighted by molar-refractivity contribution is 6.07. The summed E-state index contributed by atoms with van der Waals surface area (Å²) >= 11 is 0. The molecular weight excluding hydrogens is 332 g/mol. The maximum absolute atomic E-state index is 12.5. The number of imide groups is 1. The zero-order chi connectivity index (χ0) is 19.0. The van der Waals surface area contributed by atoms with Gasteiger partial charge in [0.25, 0.3) is 5.91 Å². The standard InChI is InChI=1S/C20H34N2O4/c1-2-3-4-7-10-15-13-14-20(18(25)21-19(26)22-20)16(15)11-8-5-6-9-12-17(23)24/h15-16H,2-14H2,1H3,(H,23,24)(H2,21,22,25,26)/t15-,16+,20-/m0/s1. The van der Waals surface area contributed by atoms with Crippen LogP contribution in [0.1, 0.15) is 90.4 Å². The summed E-state index contributed by atoms with van der Waals surface area (Å²) in [7, 11) is 0. The Kier molecular flexibility index (Phi) is 7.91. The van der Waals surface area contributed by atoms with Crippen LogP contribution < -0.4 is 10.6 Å². The lowest BCUT2D eigenvalue weighted by Gasteiger charge is -2.31. The minimum atomic E-state index is -0.739. The first-order valence-corrected chi connectivity index (χ1v) is 10.3. The summed E-state index contributed by atoms with van der Waals surface area (Å²) < 4.78 is 0. The molecule has 6 nitrogen and oxygen atoms in total. The van der Waals surface area contributed by atoms with Crippen LogP contribution in [-0.2, 0) is 9.59 Å². The molecule has 1 saturated heterocycles. The van der Waals surface area contributed by atoms with E-state index < -0.39 is 11.5 Å². The van der Waals surface area contributed by atoms with Crippen LogP contribution in [0.25, 0.3) is 0 Å². The summed E-state index contributed by atoms with van der Waals surface area (Å²) in [5.74, 6) is -0.184. The van der Waals surface area contributed by atoms with Crippen LogP contribution in [0.15, 0.2) is 0 Å². The van der Waals surface area contributed by atoms with Crippen molar-refractivity contribution in [2.75, 3.05) is 0 Å². The molecule has 3 atom stereocenters. The van der Waals surface area contributed by atoms with E-state index in [4.69, 9.17) is 5.11 Å². The number of carbonyl (C=O) groups excluding carboxylic acids is 2. The quantitative estimate of drug-likeness (QED) is 0.359. The van der Waals surface area contributed by atoms with Crippen molar-refractivity contribution in [3.63, 3.8) is 0 Å². The van der Waals surface area contributed by atoms with Gasteiger partial charge in [0.05, 0.1) is 0 Å². The zero-order valence-electron chi connectivity index (χ0n) is 16.0. The molecule has 0 aromatic heterocycles. The van der Waals surface area contributed by atoms with Gasteiger partial charge in [-0.2, -0.15) is 0 Å². The van der Waals surface area contributed by atoms with Crippen LogP contribution in [0.4, 0.5) is 4.79 Å². The molecule has 6 heteroatoms. The molecule has 26 heavy (non-hydrogen) atoms. The Balaban J connectivity index is 1.89. The van der Waals surface area contributed by atoms with Crippen LogP contribution in [0.2, 0.25) is 0 Å². The molecular formula is C20H34N2O4. The van der Waals surface area contributed by atoms with E-state index in [0.717, 1.165) is 44.9 Å². The maximum atomic E-state index is 12.5. The summed E-state index contributed by atoms with van der Waals surface area (Å²) in [5, 5.41) is 14.1. The van der Waals surface area contributed by atoms with E-state index in [-0.39, 0.29) is 24.3 Å². The molecule has 1 aliphatic heterocycles. The van der Waals surface area contributed by atoms with Crippen LogP contribution >= 0.6 is 0 Å². The lowest BCUT2D eigenvalue weighted by molar-refractivity contribution is -0.137. The number of rotatable bonds is 12. The molecule has 2 fully saturated rings. The third-order valence-corrected chi connectivity index (χ3v) is 6.16. The average molecular weight is 367 g/mol. The smallest absolute Gasteiger partial charge is 0.322 e. The lowest BCUT2D eigenvalue weighted by Crippen LogP contribution is -2.51. The second-order valence-corrected chi connectivity index (χ2v) is 7.98. The van der Waals surface area contributed by atoms with E-state index in [1.165, 1.54) is 25.7 Å². The van der Waals surface area contributed by atoms with E-state index in [1.54, 1.807) is 0 Å². The van der Waals surface area contributed by atoms with Gasteiger partial charge in [0.2, 0.25) is 0 Å². The van der Waals surface area contributed by atoms with Gasteiger partial charge >= 0.3 is 12.0 Å². The Morgan fingerprint density at radius 2 is 1.77 bits per heavy atom. The van der Waals surface area contributed by atoms with Crippen molar-refractivity contribution in [2.45, 2.75) is 95.9 Å². The topological polar surface area (TPSA) is 95.5 Å². The molecule has 2 aliphatic rings. The van der Waals surface area contributed by atoms with Crippen molar-refractivity contribution in [3.05, 3.63) is 0 Å². The monoisotopic (exact) mass is 366 g/mol. The number of hydrogen-bond donors (Lipinski definition) is 3. The summed E-state index contributed by atoms with van der Waals surface area (Å²) in [5.41, 5.74) is -0.701. The fourth-order valence-electron chi connectivity index (χ4n) is 4.80. The Morgan fingerprint density at radius 1 is 1.08 bits per heavy atom. The van der Waals surface area contributed by atoms with Gasteiger partial charge in [-0.15, -0.1) is 0 Å². The molecule has 1 spiro atoms. The highest BCUT2D eigenvalue weighted by Crippen LogP contribution is 2.47. The number of aliphatic carboxylic acids is 1. The Labute approximate surface area is 156 Å². The summed E-state index contributed by atoms with van der Waals surface area (Å²) in [6.07, 6.45) is 12.5. The van der Waals surface area contributed by atoms with Crippen LogP contribution in [-0.4, -0.2) is 28.6 Å². The van der Waals surface area contributed by atoms with E-state index in [9.17, 15) is 14.4 Å². The van der Waals surface area contributed by atoms with E-state index in [0.29, 0.717) is 12.3 Å². The van der Waals surface area contributed by atoms with E-state index >= 15 is 0 Å². The van der Waals surface area contributed by atoms with Crippen molar-refractivity contribution < 1.29 is 19.5 Å². The minimum absolute atomic E-state index is 0.144. The van der Waals surface area contributed by atoms with Gasteiger partial charge in [0, 0.05) is 6.42 Å². The Bertz CT molecular complexity index is 508. The third kappa shape index (κ3) is 5.21. The van der Waals surface area contributed by atoms with Gasteiger partial charge in [0.1, 0.15) is 5.54 Å². The van der Waals surface area contributed by atoms with E-state index in [2.05, 4.69) is 17.6 Å². The number of urea groups is 1. The second-order valence-electron chi connectivity index (χ2n) is 7.98. The predicted octanol–water partition coefficient (Wildman–Crippen LogP) is 3.99. The van der Waals surface area contributed by atoms with Gasteiger partial charge in [-0.25, -0.2) is 4.79 Å². The number of carboxylic acids is 1. The van der Waals surface area contributed by atoms with Gasteiger partial charge in [-0.05, 0) is 37.5 Å². The Morgan fingerprint density at radius 3 is 2.42 bits per heavy atom. The number of amides is 3. The fraction of sp³-hybridized carbons (Fsp3) is 0.850. The first-order chi connectivity index (χ1) is 12.5. The molecule has 1 aliphatic carbocycles. The molecule has 0 radical (unpaired) electrons. The van der Waals surface area contributed by atoms with Crippen LogP contribution in [0, 0.1) is 11.8 Å². The molecule has 3 N–H and O–H groups in total. The number of hydrogen-bond acceptors (Lipinski definition) is 3. The van der Waals surface area contributed by atoms with Crippen LogP contribution in [0.3, 0.4) is 0 Å². The van der Waals surface area contributed by atoms with Crippen molar-refractivity contribution in [1.29, 1.82) is 0 Å². The highest BCUT2D eigenvalue weighted by Gasteiger charge is 2.57. The molecule has 0 aromatic rings. The predicted molar refractivity (Wildman–Crippen MR) is 99.7 cm³/mol. The first kappa shape index (κ1) is 20.7. The molecule has 1 heterocycles. The van der Waals surface area contributed by atoms with Crippen molar-refractivity contribution in [2.24, 2.45) is 11.8 Å². The number of carbonyl (C=O) groups is 3. The van der Waals surface area contributed by atoms with Gasteiger partial charge in [-0.3, -0.25) is 14.9 Å². The molecule has 2 rings (SSSR count). The van der Waals surface area contributed by atoms with Crippen molar-refractivity contribution >= 4 is 17.9 Å². The normalized spacial score (nSPS) is 27.7. The molecule has 0 bridgehead atoms. The lowest BCUT2D eigenvalue weighted by atomic mass is 9.77. The average Bonchev–Trinajstić information content (AvgIpc) is 3.07. The van der Waals surface area contributed by atoms with Gasteiger partial charge in [0.15, 0.2) is 0 Å². The van der Waals surface area contributed by atoms with E-state index in [1.807, 2.05) is 0 Å². The molecule has 0 aromatic carbocycles. The highest BCUT2D eigenvalue weighted by atomic mass is 16.4. The number of nitrogens with one attached hydrogen (secondary N) is 2. The number of carboxylic acid groups (broad SMARTS) is 1. The fourth-order valence-corrected chi connectivity index (χ4v) is 4.80. The van der Waals surface area contributed by atoms with Crippen molar-refractivity contribution in [3.8, 4) is 0 Å². The van der Waals surface area contributed by atoms with Crippen LogP contribution in [0.5, 0.6) is 0 Å². The van der Waals surface area contributed by atoms with Gasteiger partial charge in [-0.1, -0.05) is 58.3 Å². The van der Waals surface area contributed by atoms with Crippen molar-refractivity contribution in [1.82, 2.24) is 10.6 Å². The first-order valence-electron chi connectivity index (χ1n) is 10.3. The third-order valence-electron chi connectivity index (χ3n) is 6.16. The molecule has 148 valence electrons. The summed E-state index contributed by atoms with van der Waals surface area (Å²) in [6, 6.07) is -0.354. The SMILES string of the molecule is CCCCCC[C@H]1CC[C@]2(NC(=O)NC2=O)[C@@H]1CCCCCCC(=O)O. The zero-order valence-corrected chi connectivity index (χ0v) is 16.0. The number of unbranched alkanes of at least 4 members (excludes halogenated alkanes) is 6.